The molecule has 0 atom stereocenters. The Hall–Kier alpha value is -1.83. The molecule has 1 saturated heterocycles. The van der Waals surface area contributed by atoms with Crippen LogP contribution in [-0.2, 0) is 11.3 Å². The van der Waals surface area contributed by atoms with Crippen LogP contribution >= 0.6 is 11.6 Å². The molecule has 0 spiro atoms. The van der Waals surface area contributed by atoms with Crippen molar-refractivity contribution in [2.75, 3.05) is 33.2 Å². The van der Waals surface area contributed by atoms with Gasteiger partial charge in [0.25, 0.3) is 0 Å². The molecule has 1 fully saturated rings. The van der Waals surface area contributed by atoms with Gasteiger partial charge < -0.3 is 9.32 Å². The van der Waals surface area contributed by atoms with Crippen molar-refractivity contribution in [3.63, 3.8) is 0 Å². The summed E-state index contributed by atoms with van der Waals surface area (Å²) in [5.41, 5.74) is 3.96. The highest BCUT2D eigenvalue weighted by molar-refractivity contribution is 6.31. The molecule has 1 aliphatic rings. The first kappa shape index (κ1) is 16.0. The maximum Gasteiger partial charge on any atom is 0.419 e. The van der Waals surface area contributed by atoms with Gasteiger partial charge in [-0.2, -0.15) is 0 Å². The molecule has 0 aliphatic carbocycles. The zero-order chi connectivity index (χ0) is 16.4. The lowest BCUT2D eigenvalue weighted by Crippen LogP contribution is -2.52. The molecule has 2 aromatic rings. The van der Waals surface area contributed by atoms with Gasteiger partial charge in [-0.15, -0.1) is 0 Å². The minimum Gasteiger partial charge on any atom is -0.408 e. The van der Waals surface area contributed by atoms with Gasteiger partial charge in [-0.25, -0.2) is 9.80 Å². The van der Waals surface area contributed by atoms with E-state index in [1.165, 1.54) is 4.57 Å². The number of nitrogens with zero attached hydrogens (tertiary/aromatic N) is 3. The van der Waals surface area contributed by atoms with E-state index in [9.17, 15) is 9.59 Å². The molecule has 8 heteroatoms. The lowest BCUT2D eigenvalue weighted by Gasteiger charge is -2.32. The maximum atomic E-state index is 12.1. The Morgan fingerprint density at radius 2 is 2.04 bits per heavy atom. The fraction of sp³-hybridized carbons (Fsp3) is 0.467. The quantitative estimate of drug-likeness (QED) is 0.897. The molecule has 1 aromatic heterocycles. The first-order chi connectivity index (χ1) is 11.0. The largest absolute Gasteiger partial charge is 0.419 e. The van der Waals surface area contributed by atoms with E-state index in [1.807, 2.05) is 5.01 Å². The van der Waals surface area contributed by atoms with Crippen LogP contribution in [0.4, 0.5) is 0 Å². The van der Waals surface area contributed by atoms with E-state index >= 15 is 0 Å². The van der Waals surface area contributed by atoms with E-state index in [4.69, 9.17) is 16.0 Å². The number of oxazole rings is 1. The van der Waals surface area contributed by atoms with Gasteiger partial charge in [0.05, 0.1) is 5.52 Å². The van der Waals surface area contributed by atoms with Crippen LogP contribution < -0.4 is 11.2 Å². The van der Waals surface area contributed by atoms with E-state index in [-0.39, 0.29) is 18.9 Å². The van der Waals surface area contributed by atoms with Crippen LogP contribution in [0.1, 0.15) is 6.42 Å². The lowest BCUT2D eigenvalue weighted by atomic mass is 10.3. The van der Waals surface area contributed by atoms with Gasteiger partial charge in [0, 0.05) is 50.2 Å². The Labute approximate surface area is 138 Å². The average molecular weight is 339 g/mol. The number of halogens is 1. The first-order valence-corrected chi connectivity index (χ1v) is 7.92. The fourth-order valence-electron chi connectivity index (χ4n) is 2.62. The van der Waals surface area contributed by atoms with Crippen LogP contribution in [0.3, 0.4) is 0 Å². The Morgan fingerprint density at radius 3 is 2.78 bits per heavy atom. The number of hydrogen-bond acceptors (Lipinski definition) is 5. The number of rotatable bonds is 4. The van der Waals surface area contributed by atoms with E-state index in [2.05, 4.69) is 17.4 Å². The molecule has 0 radical (unpaired) electrons. The summed E-state index contributed by atoms with van der Waals surface area (Å²) in [6, 6.07) is 5.01. The summed E-state index contributed by atoms with van der Waals surface area (Å²) in [6.45, 7) is 3.72. The SMILES string of the molecule is CN1CCN(NC(=O)CCn2c(=O)oc3cc(Cl)ccc32)CC1. The van der Waals surface area contributed by atoms with Gasteiger partial charge in [0.1, 0.15) is 0 Å². The van der Waals surface area contributed by atoms with E-state index in [0.29, 0.717) is 16.1 Å². The van der Waals surface area contributed by atoms with Crippen molar-refractivity contribution in [3.8, 4) is 0 Å². The van der Waals surface area contributed by atoms with Gasteiger partial charge in [-0.1, -0.05) is 11.6 Å². The lowest BCUT2D eigenvalue weighted by molar-refractivity contribution is -0.126. The number of hydrazine groups is 1. The third-order valence-corrected chi connectivity index (χ3v) is 4.21. The number of likely N-dealkylation sites (N-methyl/N-ethyl adjacent to an activating group) is 1. The zero-order valence-electron chi connectivity index (χ0n) is 12.9. The Morgan fingerprint density at radius 1 is 1.30 bits per heavy atom. The molecular formula is C15H19ClN4O3. The number of piperazine rings is 1. The molecule has 1 aromatic carbocycles. The Kier molecular flexibility index (Phi) is 4.70. The minimum absolute atomic E-state index is 0.107. The topological polar surface area (TPSA) is 70.7 Å². The standard InChI is InChI=1S/C15H19ClN4O3/c1-18-6-8-19(9-7-18)17-14(21)4-5-20-12-3-2-11(16)10-13(12)23-15(20)22/h2-3,10H,4-9H2,1H3,(H,17,21). The molecule has 124 valence electrons. The molecule has 0 unspecified atom stereocenters. The van der Waals surface area contributed by atoms with Gasteiger partial charge >= 0.3 is 5.76 Å². The molecule has 0 saturated carbocycles. The van der Waals surface area contributed by atoms with Crippen LogP contribution in [0, 0.1) is 0 Å². The van der Waals surface area contributed by atoms with E-state index in [0.717, 1.165) is 26.2 Å². The Balaban J connectivity index is 1.61. The van der Waals surface area contributed by atoms with Crippen LogP contribution in [0.2, 0.25) is 5.02 Å². The van der Waals surface area contributed by atoms with Crippen molar-refractivity contribution in [1.29, 1.82) is 0 Å². The highest BCUT2D eigenvalue weighted by atomic mass is 35.5. The van der Waals surface area contributed by atoms with E-state index < -0.39 is 5.76 Å². The van der Waals surface area contributed by atoms with Gasteiger partial charge in [0.15, 0.2) is 5.58 Å². The Bertz CT molecular complexity index is 762. The van der Waals surface area contributed by atoms with Crippen molar-refractivity contribution in [3.05, 3.63) is 33.8 Å². The molecule has 23 heavy (non-hydrogen) atoms. The second kappa shape index (κ2) is 6.74. The third-order valence-electron chi connectivity index (χ3n) is 3.98. The van der Waals surface area contributed by atoms with Crippen molar-refractivity contribution in [2.24, 2.45) is 0 Å². The van der Waals surface area contributed by atoms with Crippen LogP contribution in [0.5, 0.6) is 0 Å². The van der Waals surface area contributed by atoms with Crippen molar-refractivity contribution in [1.82, 2.24) is 19.9 Å². The summed E-state index contributed by atoms with van der Waals surface area (Å²) >= 11 is 5.88. The number of benzene rings is 1. The predicted molar refractivity (Wildman–Crippen MR) is 87.3 cm³/mol. The summed E-state index contributed by atoms with van der Waals surface area (Å²) in [5.74, 6) is -0.584. The molecular weight excluding hydrogens is 320 g/mol. The number of nitrogens with one attached hydrogen (secondary N) is 1. The average Bonchev–Trinajstić information content (AvgIpc) is 2.82. The number of carbonyl (C=O) groups is 1. The summed E-state index contributed by atoms with van der Waals surface area (Å²) in [4.78, 5) is 26.2. The highest BCUT2D eigenvalue weighted by Gasteiger charge is 2.16. The first-order valence-electron chi connectivity index (χ1n) is 7.55. The molecule has 7 nitrogen and oxygen atoms in total. The van der Waals surface area contributed by atoms with E-state index in [1.54, 1.807) is 18.2 Å². The monoisotopic (exact) mass is 338 g/mol. The maximum absolute atomic E-state index is 12.1. The third kappa shape index (κ3) is 3.74. The van der Waals surface area contributed by atoms with Crippen molar-refractivity contribution in [2.45, 2.75) is 13.0 Å². The predicted octanol–water partition coefficient (Wildman–Crippen LogP) is 0.917. The second-order valence-corrected chi connectivity index (χ2v) is 6.14. The van der Waals surface area contributed by atoms with Gasteiger partial charge in [-0.05, 0) is 19.2 Å². The van der Waals surface area contributed by atoms with Crippen molar-refractivity contribution >= 4 is 28.6 Å². The molecule has 1 amide bonds. The summed E-state index contributed by atoms with van der Waals surface area (Å²) < 4.78 is 6.60. The second-order valence-electron chi connectivity index (χ2n) is 5.71. The molecule has 1 N–H and O–H groups in total. The van der Waals surface area contributed by atoms with Crippen molar-refractivity contribution < 1.29 is 9.21 Å². The molecule has 0 bridgehead atoms. The zero-order valence-corrected chi connectivity index (χ0v) is 13.7. The molecule has 1 aliphatic heterocycles. The molecule has 3 rings (SSSR count). The van der Waals surface area contributed by atoms with Crippen LogP contribution in [0.15, 0.2) is 27.4 Å². The number of hydrogen-bond donors (Lipinski definition) is 1. The fourth-order valence-corrected chi connectivity index (χ4v) is 2.78. The highest BCUT2D eigenvalue weighted by Crippen LogP contribution is 2.18. The number of aromatic nitrogens is 1. The minimum atomic E-state index is -0.477. The smallest absolute Gasteiger partial charge is 0.408 e. The van der Waals surface area contributed by atoms with Gasteiger partial charge in [-0.3, -0.25) is 14.8 Å². The number of fused-ring (bicyclic) bond motifs is 1. The summed E-state index contributed by atoms with van der Waals surface area (Å²) in [7, 11) is 2.06. The van der Waals surface area contributed by atoms with Gasteiger partial charge in [0.2, 0.25) is 5.91 Å². The number of aryl methyl sites for hydroxylation is 1. The summed E-state index contributed by atoms with van der Waals surface area (Å²) in [6.07, 6.45) is 0.212. The van der Waals surface area contributed by atoms with Crippen LogP contribution in [0.25, 0.3) is 11.1 Å². The number of amides is 1. The normalized spacial score (nSPS) is 16.8. The summed E-state index contributed by atoms with van der Waals surface area (Å²) in [5, 5.41) is 2.42. The number of carbonyl (C=O) groups excluding carboxylic acids is 1. The molecule has 2 heterocycles. The van der Waals surface area contributed by atoms with Crippen LogP contribution in [-0.4, -0.2) is 53.6 Å².